The molecule has 60 valence electrons. The van der Waals surface area contributed by atoms with E-state index in [2.05, 4.69) is 0 Å². The second-order valence-electron chi connectivity index (χ2n) is 0.0745. The van der Waals surface area contributed by atoms with Crippen LogP contribution in [0.3, 0.4) is 0 Å². The van der Waals surface area contributed by atoms with Gasteiger partial charge in [-0.15, -0.1) is 5.34 Å². The van der Waals surface area contributed by atoms with Gasteiger partial charge in [0.15, 0.2) is 0 Å². The number of nitrogens with zero attached hydrogens (tertiary/aromatic N) is 1. The first kappa shape index (κ1) is 137. The molecule has 2 radical (unpaired) electrons. The fraction of sp³-hybridized carbons (Fsp3) is 0. The third-order valence-corrected chi connectivity index (χ3v) is 0. The average Bonchev–Trinajstić information content (AvgIpc) is 0.918. The minimum atomic E-state index is 0. The van der Waals surface area contributed by atoms with Crippen molar-refractivity contribution >= 4 is 26.2 Å². The van der Waals surface area contributed by atoms with Crippen LogP contribution in [-0.2, 0) is 0 Å². The van der Waals surface area contributed by atoms with Gasteiger partial charge >= 0.3 is 26.2 Å². The summed E-state index contributed by atoms with van der Waals surface area (Å²) in [7, 11) is 0. The van der Waals surface area contributed by atoms with E-state index in [0.717, 1.165) is 5.34 Å². The summed E-state index contributed by atoms with van der Waals surface area (Å²) >= 11 is 0. The molecule has 0 saturated carbocycles. The van der Waals surface area contributed by atoms with Crippen LogP contribution >= 0.6 is 0 Å². The van der Waals surface area contributed by atoms with E-state index in [4.69, 9.17) is 10.1 Å². The van der Waals surface area contributed by atoms with Gasteiger partial charge in [-0.1, -0.05) is 0 Å². The molecule has 9 heavy (non-hydrogen) atoms. The van der Waals surface area contributed by atoms with Crippen LogP contribution in [0.25, 0.3) is 0 Å². The Morgan fingerprint density at radius 3 is 0.889 bits per heavy atom. The van der Waals surface area contributed by atoms with E-state index >= 15 is 0 Å². The molecule has 0 atom stereocenters. The zero-order valence-electron chi connectivity index (χ0n) is 4.21. The molecule has 0 unspecified atom stereocenters. The summed E-state index contributed by atoms with van der Waals surface area (Å²) < 4.78 is 0. The van der Waals surface area contributed by atoms with Crippen LogP contribution in [0.2, 0.25) is 0 Å². The van der Waals surface area contributed by atoms with Crippen LogP contribution in [0.1, 0.15) is 0 Å². The largest absolute Gasteiger partial charge is 3.00 e. The first-order chi connectivity index (χ1) is 1.41. The number of rotatable bonds is 0. The van der Waals surface area contributed by atoms with Crippen LogP contribution in [0, 0.1) is 10.1 Å². The van der Waals surface area contributed by atoms with Crippen LogP contribution in [0.5, 0.6) is 0 Å². The van der Waals surface area contributed by atoms with Crippen molar-refractivity contribution in [1.29, 1.82) is 0 Å². The first-order valence-corrected chi connectivity index (χ1v) is 0.365. The Kier molecular flexibility index (Phi) is 5250. The van der Waals surface area contributed by atoms with Crippen molar-refractivity contribution in [2.45, 2.75) is 0 Å². The van der Waals surface area contributed by atoms with Crippen molar-refractivity contribution in [2.24, 2.45) is 5.34 Å². The Hall–Kier alpha value is 0.0831. The summed E-state index contributed by atoms with van der Waals surface area (Å²) in [4.78, 5) is 8.00. The van der Waals surface area contributed by atoms with Crippen LogP contribution in [-0.4, -0.2) is 53.6 Å². The van der Waals surface area contributed by atoms with Gasteiger partial charge < -0.3 is 37.5 Å². The van der Waals surface area contributed by atoms with E-state index in [1.54, 1.807) is 0 Å². The van der Waals surface area contributed by atoms with Gasteiger partial charge in [0.1, 0.15) is 0 Å². The normalized spacial score (nSPS) is 1.33. The maximum atomic E-state index is 8.00. The second-order valence-corrected chi connectivity index (χ2v) is 0.0745. The van der Waals surface area contributed by atoms with E-state index in [9.17, 15) is 0 Å². The Morgan fingerprint density at radius 1 is 0.889 bits per heavy atom. The Balaban J connectivity index is -0.00000000133. The summed E-state index contributed by atoms with van der Waals surface area (Å²) in [6.07, 6.45) is 0. The predicted octanol–water partition coefficient (Wildman–Crippen LogP) is -4.25. The Bertz CT molecular complexity index is 16.4. The minimum absolute atomic E-state index is 0. The topological polar surface area (TPSA) is 210 Å². The maximum absolute atomic E-state index is 8.00. The molecule has 0 spiro atoms. The standard InChI is InChI=1S/Bi.HNO2.5H2O/c;2-1-3;;;;;/h;(H,2,3);5*1H2/q+3;;;;;;/p-1. The second kappa shape index (κ2) is 346. The van der Waals surface area contributed by atoms with Crippen molar-refractivity contribution in [3.05, 3.63) is 10.1 Å². The molecule has 0 aliphatic heterocycles. The summed E-state index contributed by atoms with van der Waals surface area (Å²) in [6, 6.07) is 0. The monoisotopic (exact) mass is 345 g/mol. The van der Waals surface area contributed by atoms with Crippen LogP contribution in [0.4, 0.5) is 0 Å². The first-order valence-electron chi connectivity index (χ1n) is 0.365. The molecule has 0 saturated heterocycles. The van der Waals surface area contributed by atoms with Gasteiger partial charge in [-0.05, 0) is 0 Å². The zero-order chi connectivity index (χ0) is 2.71. The molecular formula is H10BiNO7+2. The molecule has 0 amide bonds. The van der Waals surface area contributed by atoms with Crippen molar-refractivity contribution in [1.82, 2.24) is 0 Å². The smallest absolute Gasteiger partial charge is 0.444 e. The molecule has 0 aliphatic carbocycles. The minimum Gasteiger partial charge on any atom is -0.444 e. The average molecular weight is 345 g/mol. The molecule has 0 aromatic heterocycles. The van der Waals surface area contributed by atoms with Gasteiger partial charge in [-0.3, -0.25) is 0 Å². The van der Waals surface area contributed by atoms with E-state index in [0.29, 0.717) is 0 Å². The molecule has 0 aromatic carbocycles. The molecule has 0 aliphatic rings. The SMILES string of the molecule is O.O.O.O.O.O=N[O-].[Bi+3]. The summed E-state index contributed by atoms with van der Waals surface area (Å²) in [5, 5.41) is 9.00. The maximum Gasteiger partial charge on any atom is 3.00 e. The van der Waals surface area contributed by atoms with E-state index in [1.165, 1.54) is 0 Å². The fourth-order valence-corrected chi connectivity index (χ4v) is 0. The van der Waals surface area contributed by atoms with Gasteiger partial charge in [-0.25, -0.2) is 0 Å². The molecule has 9 heteroatoms. The van der Waals surface area contributed by atoms with Crippen LogP contribution in [0.15, 0.2) is 5.34 Å². The van der Waals surface area contributed by atoms with E-state index in [-0.39, 0.29) is 53.6 Å². The molecular weight excluding hydrogens is 335 g/mol. The third-order valence-electron chi connectivity index (χ3n) is 0. The molecule has 0 heterocycles. The quantitative estimate of drug-likeness (QED) is 0.242. The number of hydrogen-bond acceptors (Lipinski definition) is 3. The van der Waals surface area contributed by atoms with Gasteiger partial charge in [0.05, 0.1) is 0 Å². The summed E-state index contributed by atoms with van der Waals surface area (Å²) in [5.74, 6) is 0. The molecule has 0 fully saturated rings. The zero-order valence-corrected chi connectivity index (χ0v) is 7.69. The molecule has 8 nitrogen and oxygen atoms in total. The van der Waals surface area contributed by atoms with Crippen LogP contribution < -0.4 is 0 Å². The molecule has 0 aromatic rings. The van der Waals surface area contributed by atoms with Gasteiger partial charge in [0.25, 0.3) is 0 Å². The van der Waals surface area contributed by atoms with Crippen molar-refractivity contribution in [3.63, 3.8) is 0 Å². The van der Waals surface area contributed by atoms with Crippen molar-refractivity contribution in [3.8, 4) is 0 Å². The van der Waals surface area contributed by atoms with E-state index in [1.807, 2.05) is 0 Å². The molecule has 10 N–H and O–H groups in total. The third kappa shape index (κ3) is 43300. The Labute approximate surface area is 69.5 Å². The predicted molar refractivity (Wildman–Crippen MR) is 33.0 cm³/mol. The summed E-state index contributed by atoms with van der Waals surface area (Å²) in [5.41, 5.74) is 0. The van der Waals surface area contributed by atoms with Gasteiger partial charge in [-0.2, -0.15) is 0 Å². The summed E-state index contributed by atoms with van der Waals surface area (Å²) in [6.45, 7) is 0. The van der Waals surface area contributed by atoms with Crippen molar-refractivity contribution < 1.29 is 27.4 Å². The fourth-order valence-electron chi connectivity index (χ4n) is 0. The van der Waals surface area contributed by atoms with Gasteiger partial charge in [0.2, 0.25) is 0 Å². The van der Waals surface area contributed by atoms with E-state index < -0.39 is 0 Å². The number of hydrogen-bond donors (Lipinski definition) is 0. The molecule has 0 bridgehead atoms. The molecule has 0 rings (SSSR count). The van der Waals surface area contributed by atoms with Gasteiger partial charge in [0, 0.05) is 0 Å². The van der Waals surface area contributed by atoms with Crippen molar-refractivity contribution in [2.75, 3.05) is 0 Å². The Morgan fingerprint density at radius 2 is 0.889 bits per heavy atom.